The first-order chi connectivity index (χ1) is 7.60. The molecule has 1 heterocycles. The van der Waals surface area contributed by atoms with Crippen molar-refractivity contribution < 1.29 is 10.2 Å². The van der Waals surface area contributed by atoms with Crippen molar-refractivity contribution in [1.82, 2.24) is 9.97 Å². The molecular formula is C9H13ClN4O2. The van der Waals surface area contributed by atoms with Crippen molar-refractivity contribution in [3.05, 3.63) is 11.2 Å². The molecule has 0 bridgehead atoms. The van der Waals surface area contributed by atoms with Crippen molar-refractivity contribution in [3.63, 3.8) is 0 Å². The highest BCUT2D eigenvalue weighted by molar-refractivity contribution is 6.29. The second-order valence-electron chi connectivity index (χ2n) is 3.83. The second kappa shape index (κ2) is 4.40. The third-order valence-corrected chi connectivity index (χ3v) is 2.76. The predicted molar refractivity (Wildman–Crippen MR) is 60.1 cm³/mol. The van der Waals surface area contributed by atoms with Crippen LogP contribution in [-0.2, 0) is 0 Å². The van der Waals surface area contributed by atoms with E-state index in [0.717, 1.165) is 6.42 Å². The molecule has 0 aliphatic heterocycles. The highest BCUT2D eigenvalue weighted by Gasteiger charge is 2.42. The summed E-state index contributed by atoms with van der Waals surface area (Å²) in [6, 6.07) is 1.67. The summed E-state index contributed by atoms with van der Waals surface area (Å²) in [4.78, 5) is 7.70. The zero-order valence-corrected chi connectivity index (χ0v) is 9.22. The molecule has 7 heteroatoms. The predicted octanol–water partition coefficient (Wildman–Crippen LogP) is -0.134. The fourth-order valence-electron chi connectivity index (χ4n) is 1.64. The van der Waals surface area contributed by atoms with Crippen molar-refractivity contribution in [1.29, 1.82) is 0 Å². The first-order valence-electron chi connectivity index (χ1n) is 4.95. The molecule has 1 aromatic heterocycles. The molecule has 16 heavy (non-hydrogen) atoms. The van der Waals surface area contributed by atoms with Crippen LogP contribution < -0.4 is 11.1 Å². The van der Waals surface area contributed by atoms with E-state index in [0.29, 0.717) is 5.82 Å². The zero-order valence-electron chi connectivity index (χ0n) is 8.47. The van der Waals surface area contributed by atoms with Crippen LogP contribution >= 0.6 is 11.6 Å². The van der Waals surface area contributed by atoms with Crippen LogP contribution in [0.15, 0.2) is 6.07 Å². The molecule has 1 saturated carbocycles. The summed E-state index contributed by atoms with van der Waals surface area (Å²) in [6.45, 7) is -0.227. The number of hydrogen-bond acceptors (Lipinski definition) is 6. The molecule has 0 amide bonds. The molecule has 0 aromatic carbocycles. The Kier molecular flexibility index (Phi) is 3.13. The van der Waals surface area contributed by atoms with Crippen LogP contribution in [0.5, 0.6) is 0 Å². The van der Waals surface area contributed by atoms with Gasteiger partial charge < -0.3 is 21.3 Å². The van der Waals surface area contributed by atoms with E-state index in [1.54, 1.807) is 6.07 Å². The van der Waals surface area contributed by atoms with Gasteiger partial charge in [0.05, 0.1) is 12.7 Å². The van der Waals surface area contributed by atoms with E-state index in [1.807, 2.05) is 0 Å². The second-order valence-corrected chi connectivity index (χ2v) is 4.22. The van der Waals surface area contributed by atoms with Gasteiger partial charge in [-0.15, -0.1) is 0 Å². The lowest BCUT2D eigenvalue weighted by Gasteiger charge is -2.08. The minimum absolute atomic E-state index is 0.0555. The van der Waals surface area contributed by atoms with E-state index >= 15 is 0 Å². The number of nitrogen functional groups attached to an aromatic ring is 1. The number of hydrogen-bond donors (Lipinski definition) is 4. The molecular weight excluding hydrogens is 232 g/mol. The standard InChI is InChI=1S/C9H13ClN4O2/c10-7-2-8(14-9(11)13-7)12-5-1-4(5)6(16)3-15/h2,4-6,15-16H,1,3H2,(H3,11,12,13,14)/t4-,5+,6-/m1/s1. The molecule has 6 nitrogen and oxygen atoms in total. The number of nitrogens with one attached hydrogen (secondary N) is 1. The molecule has 88 valence electrons. The Hall–Kier alpha value is -1.11. The molecule has 5 N–H and O–H groups in total. The van der Waals surface area contributed by atoms with Crippen molar-refractivity contribution in [3.8, 4) is 0 Å². The molecule has 0 spiro atoms. The van der Waals surface area contributed by atoms with E-state index in [1.165, 1.54) is 0 Å². The Bertz CT molecular complexity index is 370. The van der Waals surface area contributed by atoms with E-state index in [-0.39, 0.29) is 29.7 Å². The number of nitrogens with zero attached hydrogens (tertiary/aromatic N) is 2. The smallest absolute Gasteiger partial charge is 0.223 e. The fourth-order valence-corrected chi connectivity index (χ4v) is 1.83. The number of halogens is 1. The van der Waals surface area contributed by atoms with Gasteiger partial charge in [0.25, 0.3) is 0 Å². The zero-order chi connectivity index (χ0) is 11.7. The van der Waals surface area contributed by atoms with Crippen LogP contribution in [0.2, 0.25) is 5.15 Å². The molecule has 0 unspecified atom stereocenters. The third-order valence-electron chi connectivity index (χ3n) is 2.57. The maximum Gasteiger partial charge on any atom is 0.223 e. The van der Waals surface area contributed by atoms with Gasteiger partial charge in [0.2, 0.25) is 5.95 Å². The topological polar surface area (TPSA) is 104 Å². The number of rotatable bonds is 4. The molecule has 0 saturated heterocycles. The van der Waals surface area contributed by atoms with Gasteiger partial charge in [-0.2, -0.15) is 4.98 Å². The number of nitrogens with two attached hydrogens (primary N) is 1. The SMILES string of the molecule is Nc1nc(Cl)cc(N[C@H]2C[C@H]2[C@H](O)CO)n1. The number of aliphatic hydroxyl groups is 2. The molecule has 0 radical (unpaired) electrons. The minimum atomic E-state index is -0.688. The van der Waals surface area contributed by atoms with Gasteiger partial charge in [-0.3, -0.25) is 0 Å². The molecule has 1 aromatic rings. The largest absolute Gasteiger partial charge is 0.394 e. The van der Waals surface area contributed by atoms with Crippen molar-refractivity contribution >= 4 is 23.4 Å². The summed E-state index contributed by atoms with van der Waals surface area (Å²) < 4.78 is 0. The third kappa shape index (κ3) is 2.52. The maximum absolute atomic E-state index is 9.38. The Morgan fingerprint density at radius 3 is 3.00 bits per heavy atom. The van der Waals surface area contributed by atoms with Crippen LogP contribution in [0.25, 0.3) is 0 Å². The van der Waals surface area contributed by atoms with Gasteiger partial charge in [0.15, 0.2) is 0 Å². The number of aliphatic hydroxyl groups excluding tert-OH is 2. The molecule has 1 aliphatic carbocycles. The molecule has 3 atom stereocenters. The first-order valence-corrected chi connectivity index (χ1v) is 5.33. The average molecular weight is 245 g/mol. The Labute approximate surface area is 97.5 Å². The monoisotopic (exact) mass is 244 g/mol. The van der Waals surface area contributed by atoms with Gasteiger partial charge in [-0.25, -0.2) is 4.98 Å². The first kappa shape index (κ1) is 11.4. The van der Waals surface area contributed by atoms with Crippen molar-refractivity contribution in [2.45, 2.75) is 18.6 Å². The number of aromatic nitrogens is 2. The average Bonchev–Trinajstić information content (AvgIpc) is 2.94. The van der Waals surface area contributed by atoms with Crippen LogP contribution in [0, 0.1) is 5.92 Å². The summed E-state index contributed by atoms with van der Waals surface area (Å²) in [5.74, 6) is 0.699. The fraction of sp³-hybridized carbons (Fsp3) is 0.556. The van der Waals surface area contributed by atoms with Gasteiger partial charge in [0, 0.05) is 18.0 Å². The lowest BCUT2D eigenvalue weighted by Crippen LogP contribution is -2.19. The van der Waals surface area contributed by atoms with Gasteiger partial charge in [-0.05, 0) is 6.42 Å². The van der Waals surface area contributed by atoms with Crippen molar-refractivity contribution in [2.75, 3.05) is 17.7 Å². The van der Waals surface area contributed by atoms with Gasteiger partial charge >= 0.3 is 0 Å². The van der Waals surface area contributed by atoms with E-state index in [9.17, 15) is 5.11 Å². The summed E-state index contributed by atoms with van der Waals surface area (Å²) in [7, 11) is 0. The van der Waals surface area contributed by atoms with Gasteiger partial charge in [0.1, 0.15) is 11.0 Å². The van der Waals surface area contributed by atoms with Crippen LogP contribution in [0.1, 0.15) is 6.42 Å². The van der Waals surface area contributed by atoms with Crippen LogP contribution in [-0.4, -0.2) is 38.9 Å². The highest BCUT2D eigenvalue weighted by Crippen LogP contribution is 2.36. The summed E-state index contributed by atoms with van der Waals surface area (Å²) in [5, 5.41) is 21.5. The lowest BCUT2D eigenvalue weighted by molar-refractivity contribution is 0.0772. The lowest BCUT2D eigenvalue weighted by atomic mass is 10.2. The van der Waals surface area contributed by atoms with E-state index < -0.39 is 6.10 Å². The Morgan fingerprint density at radius 2 is 2.38 bits per heavy atom. The Morgan fingerprint density at radius 1 is 1.62 bits per heavy atom. The van der Waals surface area contributed by atoms with E-state index in [2.05, 4.69) is 15.3 Å². The molecule has 1 fully saturated rings. The maximum atomic E-state index is 9.38. The van der Waals surface area contributed by atoms with Crippen LogP contribution in [0.4, 0.5) is 11.8 Å². The van der Waals surface area contributed by atoms with E-state index in [4.69, 9.17) is 22.4 Å². The summed E-state index contributed by atoms with van der Waals surface area (Å²) in [5.41, 5.74) is 5.44. The highest BCUT2D eigenvalue weighted by atomic mass is 35.5. The molecule has 1 aliphatic rings. The summed E-state index contributed by atoms with van der Waals surface area (Å²) in [6.07, 6.45) is 0.107. The van der Waals surface area contributed by atoms with Gasteiger partial charge in [-0.1, -0.05) is 11.6 Å². The minimum Gasteiger partial charge on any atom is -0.394 e. The van der Waals surface area contributed by atoms with Crippen LogP contribution in [0.3, 0.4) is 0 Å². The van der Waals surface area contributed by atoms with Crippen molar-refractivity contribution in [2.24, 2.45) is 5.92 Å². The normalized spacial score (nSPS) is 25.2. The Balaban J connectivity index is 1.96. The number of anilines is 2. The summed E-state index contributed by atoms with van der Waals surface area (Å²) >= 11 is 5.72. The molecule has 2 rings (SSSR count). The quantitative estimate of drug-likeness (QED) is 0.550.